The number of ketones is 1. The quantitative estimate of drug-likeness (QED) is 0.276. The maximum atomic E-state index is 14.3. The number of rotatable bonds is 8. The summed E-state index contributed by atoms with van der Waals surface area (Å²) in [7, 11) is 0. The molecule has 0 bridgehead atoms. The van der Waals surface area contributed by atoms with Crippen molar-refractivity contribution in [3.8, 4) is 22.9 Å². The van der Waals surface area contributed by atoms with E-state index < -0.39 is 11.4 Å². The second-order valence-corrected chi connectivity index (χ2v) is 11.9. The Morgan fingerprint density at radius 2 is 1.95 bits per heavy atom. The number of pyridine rings is 2. The fourth-order valence-corrected chi connectivity index (χ4v) is 5.26. The zero-order valence-corrected chi connectivity index (χ0v) is 23.8. The number of nitrogens with zero attached hydrogens (tertiary/aromatic N) is 5. The summed E-state index contributed by atoms with van der Waals surface area (Å²) in [5, 5.41) is 24.0. The molecular weight excluding hydrogens is 521 g/mol. The number of fused-ring (bicyclic) bond motifs is 1. The van der Waals surface area contributed by atoms with E-state index in [0.29, 0.717) is 23.3 Å². The molecule has 1 aliphatic rings. The van der Waals surface area contributed by atoms with E-state index in [4.69, 9.17) is 9.72 Å². The molecule has 0 spiro atoms. The molecule has 0 unspecified atom stereocenters. The first kappa shape index (κ1) is 28.2. The first-order valence-electron chi connectivity index (χ1n) is 13.7. The van der Waals surface area contributed by atoms with Crippen molar-refractivity contribution in [3.05, 3.63) is 77.5 Å². The van der Waals surface area contributed by atoms with Gasteiger partial charge in [-0.05, 0) is 69.4 Å². The molecule has 1 N–H and O–H groups in total. The molecule has 9 heteroatoms. The van der Waals surface area contributed by atoms with Crippen LogP contribution in [0.4, 0.5) is 10.2 Å². The van der Waals surface area contributed by atoms with Crippen LogP contribution in [0.15, 0.2) is 55.0 Å². The Morgan fingerprint density at radius 1 is 1.20 bits per heavy atom. The monoisotopic (exact) mass is 555 g/mol. The SMILES string of the molecule is Cc1ccc(F)c(C(=O)CC2(C)CCN(c3ccc(-c4cc(OCC(C)(C)O)cn5ncc(C#N)c45)cn3)CC2)c1. The fourth-order valence-electron chi connectivity index (χ4n) is 5.26. The average molecular weight is 556 g/mol. The Balaban J connectivity index is 1.32. The summed E-state index contributed by atoms with van der Waals surface area (Å²) in [5.74, 6) is 0.727. The van der Waals surface area contributed by atoms with Crippen molar-refractivity contribution in [2.45, 2.75) is 52.6 Å². The van der Waals surface area contributed by atoms with Gasteiger partial charge in [-0.3, -0.25) is 4.79 Å². The van der Waals surface area contributed by atoms with Crippen molar-refractivity contribution < 1.29 is 19.0 Å². The Labute approximate surface area is 239 Å². The zero-order valence-electron chi connectivity index (χ0n) is 23.8. The molecule has 5 rings (SSSR count). The van der Waals surface area contributed by atoms with Gasteiger partial charge < -0.3 is 14.7 Å². The summed E-state index contributed by atoms with van der Waals surface area (Å²) >= 11 is 0. The van der Waals surface area contributed by atoms with Crippen LogP contribution in [0.2, 0.25) is 0 Å². The highest BCUT2D eigenvalue weighted by molar-refractivity contribution is 5.97. The largest absolute Gasteiger partial charge is 0.489 e. The molecule has 1 fully saturated rings. The van der Waals surface area contributed by atoms with Crippen molar-refractivity contribution >= 4 is 17.1 Å². The van der Waals surface area contributed by atoms with Gasteiger partial charge in [0, 0.05) is 36.8 Å². The molecule has 8 nitrogen and oxygen atoms in total. The molecule has 0 atom stereocenters. The molecule has 212 valence electrons. The van der Waals surface area contributed by atoms with E-state index >= 15 is 0 Å². The van der Waals surface area contributed by atoms with Crippen LogP contribution in [0.5, 0.6) is 5.75 Å². The van der Waals surface area contributed by atoms with Crippen molar-refractivity contribution in [2.75, 3.05) is 24.6 Å². The number of anilines is 1. The predicted molar refractivity (Wildman–Crippen MR) is 155 cm³/mol. The van der Waals surface area contributed by atoms with Gasteiger partial charge in [-0.15, -0.1) is 0 Å². The van der Waals surface area contributed by atoms with Crippen molar-refractivity contribution in [1.82, 2.24) is 14.6 Å². The lowest BCUT2D eigenvalue weighted by Crippen LogP contribution is -2.40. The summed E-state index contributed by atoms with van der Waals surface area (Å²) in [6.45, 7) is 8.86. The number of benzene rings is 1. The number of ether oxygens (including phenoxy) is 1. The lowest BCUT2D eigenvalue weighted by Gasteiger charge is -2.39. The molecule has 3 aromatic heterocycles. The number of aromatic nitrogens is 3. The summed E-state index contributed by atoms with van der Waals surface area (Å²) in [6, 6.07) is 12.6. The number of carbonyl (C=O) groups excluding carboxylic acids is 1. The van der Waals surface area contributed by atoms with E-state index in [-0.39, 0.29) is 23.4 Å². The lowest BCUT2D eigenvalue weighted by molar-refractivity contribution is 0.0283. The number of aliphatic hydroxyl groups is 1. The van der Waals surface area contributed by atoms with Crippen LogP contribution >= 0.6 is 0 Å². The minimum Gasteiger partial charge on any atom is -0.489 e. The third kappa shape index (κ3) is 6.23. The highest BCUT2D eigenvalue weighted by Crippen LogP contribution is 2.38. The van der Waals surface area contributed by atoms with Crippen LogP contribution in [-0.4, -0.2) is 50.8 Å². The molecule has 1 saturated heterocycles. The van der Waals surface area contributed by atoms with Crippen LogP contribution in [0.3, 0.4) is 0 Å². The number of piperidine rings is 1. The third-order valence-electron chi connectivity index (χ3n) is 7.66. The first-order chi connectivity index (χ1) is 19.4. The number of Topliss-reactive ketones (excluding diaryl/α,β-unsaturated/α-hetero) is 1. The van der Waals surface area contributed by atoms with E-state index in [2.05, 4.69) is 23.0 Å². The summed E-state index contributed by atoms with van der Waals surface area (Å²) in [4.78, 5) is 19.9. The number of halogens is 1. The molecule has 1 aromatic carbocycles. The maximum absolute atomic E-state index is 14.3. The van der Waals surface area contributed by atoms with Gasteiger partial charge in [-0.2, -0.15) is 10.4 Å². The normalized spacial score (nSPS) is 15.1. The van der Waals surface area contributed by atoms with E-state index in [9.17, 15) is 19.6 Å². The molecule has 0 amide bonds. The van der Waals surface area contributed by atoms with E-state index in [1.807, 2.05) is 25.1 Å². The van der Waals surface area contributed by atoms with Gasteiger partial charge in [0.1, 0.15) is 30.1 Å². The molecule has 4 aromatic rings. The van der Waals surface area contributed by atoms with Gasteiger partial charge in [0.05, 0.1) is 34.6 Å². The number of hydrogen-bond donors (Lipinski definition) is 1. The van der Waals surface area contributed by atoms with Crippen molar-refractivity contribution in [1.29, 1.82) is 5.26 Å². The molecular formula is C32H34FN5O3. The van der Waals surface area contributed by atoms with Crippen molar-refractivity contribution in [3.63, 3.8) is 0 Å². The number of aryl methyl sites for hydroxylation is 1. The van der Waals surface area contributed by atoms with Crippen LogP contribution in [0.1, 0.15) is 61.5 Å². The zero-order chi connectivity index (χ0) is 29.4. The molecule has 0 aliphatic carbocycles. The highest BCUT2D eigenvalue weighted by atomic mass is 19.1. The third-order valence-corrected chi connectivity index (χ3v) is 7.66. The molecule has 1 aliphatic heterocycles. The van der Waals surface area contributed by atoms with Crippen LogP contribution < -0.4 is 9.64 Å². The number of carbonyl (C=O) groups is 1. The molecule has 4 heterocycles. The van der Waals surface area contributed by atoms with Gasteiger partial charge >= 0.3 is 0 Å². The predicted octanol–water partition coefficient (Wildman–Crippen LogP) is 5.74. The van der Waals surface area contributed by atoms with Gasteiger partial charge in [0.25, 0.3) is 0 Å². The maximum Gasteiger partial charge on any atom is 0.166 e. The fraction of sp³-hybridized carbons (Fsp3) is 0.375. The molecule has 0 radical (unpaired) electrons. The van der Waals surface area contributed by atoms with Crippen LogP contribution in [-0.2, 0) is 0 Å². The Kier molecular flexibility index (Phi) is 7.54. The minimum absolute atomic E-state index is 0.0981. The van der Waals surface area contributed by atoms with Crippen LogP contribution in [0, 0.1) is 29.5 Å². The van der Waals surface area contributed by atoms with E-state index in [0.717, 1.165) is 48.4 Å². The van der Waals surface area contributed by atoms with E-state index in [1.165, 1.54) is 12.3 Å². The van der Waals surface area contributed by atoms with Crippen molar-refractivity contribution in [2.24, 2.45) is 5.41 Å². The highest BCUT2D eigenvalue weighted by Gasteiger charge is 2.33. The Hall–Kier alpha value is -4.29. The molecule has 0 saturated carbocycles. The number of hydrogen-bond acceptors (Lipinski definition) is 7. The Morgan fingerprint density at radius 3 is 2.61 bits per heavy atom. The van der Waals surface area contributed by atoms with Crippen LogP contribution in [0.25, 0.3) is 16.6 Å². The van der Waals surface area contributed by atoms with E-state index in [1.54, 1.807) is 42.9 Å². The van der Waals surface area contributed by atoms with Gasteiger partial charge in [-0.1, -0.05) is 18.6 Å². The number of nitriles is 1. The Bertz CT molecular complexity index is 1620. The summed E-state index contributed by atoms with van der Waals surface area (Å²) < 4.78 is 21.7. The standard InChI is InChI=1S/C32H34FN5O3/c1-21-5-7-27(33)26(13-21)28(39)15-32(4)9-11-37(12-10-32)29-8-6-22(17-35-29)25-14-24(41-20-31(2,3)40)19-38-30(25)23(16-34)18-36-38/h5-8,13-14,17-19,40H,9-12,15,20H2,1-4H3. The second kappa shape index (κ2) is 10.9. The molecule has 41 heavy (non-hydrogen) atoms. The minimum atomic E-state index is -1.01. The van der Waals surface area contributed by atoms with Gasteiger partial charge in [0.2, 0.25) is 0 Å². The lowest BCUT2D eigenvalue weighted by atomic mass is 9.75. The van der Waals surface area contributed by atoms with Gasteiger partial charge in [-0.25, -0.2) is 13.9 Å². The smallest absolute Gasteiger partial charge is 0.166 e. The van der Waals surface area contributed by atoms with Gasteiger partial charge in [0.15, 0.2) is 5.78 Å². The second-order valence-electron chi connectivity index (χ2n) is 11.9. The summed E-state index contributed by atoms with van der Waals surface area (Å²) in [5.41, 5.74) is 2.47. The first-order valence-corrected chi connectivity index (χ1v) is 13.7. The average Bonchev–Trinajstić information content (AvgIpc) is 3.36. The summed E-state index contributed by atoms with van der Waals surface area (Å²) in [6.07, 6.45) is 6.87. The topological polar surface area (TPSA) is 104 Å².